The van der Waals surface area contributed by atoms with Crippen LogP contribution in [0.4, 0.5) is 0 Å². The van der Waals surface area contributed by atoms with Gasteiger partial charge < -0.3 is 0 Å². The van der Waals surface area contributed by atoms with Gasteiger partial charge in [-0.25, -0.2) is 9.97 Å². The van der Waals surface area contributed by atoms with Crippen molar-refractivity contribution in [1.29, 1.82) is 0 Å². The van der Waals surface area contributed by atoms with Crippen LogP contribution in [0.1, 0.15) is 5.69 Å². The highest BCUT2D eigenvalue weighted by Gasteiger charge is 1.91. The first-order valence-electron chi connectivity index (χ1n) is 2.86. The zero-order valence-corrected chi connectivity index (χ0v) is 6.56. The lowest BCUT2D eigenvalue weighted by atomic mass is 10.4. The van der Waals surface area contributed by atoms with E-state index in [0.29, 0.717) is 0 Å². The van der Waals surface area contributed by atoms with Crippen molar-refractivity contribution in [2.24, 2.45) is 0 Å². The van der Waals surface area contributed by atoms with E-state index in [2.05, 4.69) is 16.5 Å². The van der Waals surface area contributed by atoms with Crippen LogP contribution in [0.15, 0.2) is 24.0 Å². The summed E-state index contributed by atoms with van der Waals surface area (Å²) < 4.78 is 0. The van der Waals surface area contributed by atoms with Gasteiger partial charge in [-0.15, -0.1) is 0 Å². The first-order chi connectivity index (χ1) is 4.86. The van der Waals surface area contributed by atoms with Crippen LogP contribution < -0.4 is 0 Å². The highest BCUT2D eigenvalue weighted by atomic mass is 32.2. The summed E-state index contributed by atoms with van der Waals surface area (Å²) in [6, 6.07) is 1.83. The SMILES string of the molecule is C=Cc1ccnc(SC)n1. The first kappa shape index (κ1) is 7.28. The topological polar surface area (TPSA) is 25.8 Å². The van der Waals surface area contributed by atoms with Crippen molar-refractivity contribution in [3.8, 4) is 0 Å². The van der Waals surface area contributed by atoms with E-state index in [9.17, 15) is 0 Å². The lowest BCUT2D eigenvalue weighted by molar-refractivity contribution is 0.961. The maximum Gasteiger partial charge on any atom is 0.187 e. The summed E-state index contributed by atoms with van der Waals surface area (Å²) in [4.78, 5) is 8.15. The van der Waals surface area contributed by atoms with Gasteiger partial charge in [-0.2, -0.15) is 0 Å². The van der Waals surface area contributed by atoms with Gasteiger partial charge in [-0.3, -0.25) is 0 Å². The third kappa shape index (κ3) is 1.57. The van der Waals surface area contributed by atoms with Gasteiger partial charge in [0.05, 0.1) is 5.69 Å². The van der Waals surface area contributed by atoms with Gasteiger partial charge in [0.25, 0.3) is 0 Å². The monoisotopic (exact) mass is 152 g/mol. The molecule has 0 spiro atoms. The molecule has 0 unspecified atom stereocenters. The molecule has 0 atom stereocenters. The minimum atomic E-state index is 0.789. The predicted molar refractivity (Wildman–Crippen MR) is 43.9 cm³/mol. The third-order valence-electron chi connectivity index (χ3n) is 1.05. The lowest BCUT2D eigenvalue weighted by Gasteiger charge is -1.93. The van der Waals surface area contributed by atoms with Crippen LogP contribution in [0.3, 0.4) is 0 Å². The summed E-state index contributed by atoms with van der Waals surface area (Å²) in [5.41, 5.74) is 0.874. The van der Waals surface area contributed by atoms with E-state index in [1.165, 1.54) is 11.8 Å². The number of hydrogen-bond acceptors (Lipinski definition) is 3. The second kappa shape index (κ2) is 3.37. The lowest BCUT2D eigenvalue weighted by Crippen LogP contribution is -1.86. The second-order valence-corrected chi connectivity index (χ2v) is 2.45. The fourth-order valence-electron chi connectivity index (χ4n) is 0.566. The van der Waals surface area contributed by atoms with Crippen molar-refractivity contribution >= 4 is 17.8 Å². The molecule has 1 aromatic rings. The predicted octanol–water partition coefficient (Wildman–Crippen LogP) is 1.84. The van der Waals surface area contributed by atoms with Gasteiger partial charge >= 0.3 is 0 Å². The Labute approximate surface area is 64.4 Å². The Morgan fingerprint density at radius 2 is 2.50 bits per heavy atom. The van der Waals surface area contributed by atoms with Crippen LogP contribution in [0.25, 0.3) is 6.08 Å². The molecule has 1 rings (SSSR count). The van der Waals surface area contributed by atoms with Crippen molar-refractivity contribution in [1.82, 2.24) is 9.97 Å². The standard InChI is InChI=1S/C7H8N2S/c1-3-6-4-5-8-7(9-6)10-2/h3-5H,1H2,2H3. The van der Waals surface area contributed by atoms with Crippen molar-refractivity contribution in [3.05, 3.63) is 24.5 Å². The molecule has 0 saturated heterocycles. The number of aromatic nitrogens is 2. The Balaban J connectivity index is 2.98. The molecule has 1 aromatic heterocycles. The van der Waals surface area contributed by atoms with Gasteiger partial charge in [0.15, 0.2) is 5.16 Å². The maximum atomic E-state index is 4.14. The van der Waals surface area contributed by atoms with Crippen LogP contribution in [0.5, 0.6) is 0 Å². The van der Waals surface area contributed by atoms with E-state index in [0.717, 1.165) is 10.9 Å². The van der Waals surface area contributed by atoms with Crippen LogP contribution >= 0.6 is 11.8 Å². The maximum absolute atomic E-state index is 4.14. The van der Waals surface area contributed by atoms with Crippen molar-refractivity contribution < 1.29 is 0 Å². The van der Waals surface area contributed by atoms with Crippen LogP contribution in [0.2, 0.25) is 0 Å². The summed E-state index contributed by atoms with van der Waals surface area (Å²) in [6.45, 7) is 3.61. The molecule has 0 amide bonds. The van der Waals surface area contributed by atoms with E-state index >= 15 is 0 Å². The molecule has 0 aliphatic carbocycles. The molecular formula is C7H8N2S. The van der Waals surface area contributed by atoms with E-state index in [1.807, 2.05) is 12.3 Å². The normalized spacial score (nSPS) is 9.30. The minimum absolute atomic E-state index is 0.789. The fourth-order valence-corrected chi connectivity index (χ4v) is 0.929. The molecule has 0 bridgehead atoms. The Hall–Kier alpha value is -0.830. The molecule has 0 fully saturated rings. The summed E-state index contributed by atoms with van der Waals surface area (Å²) in [6.07, 6.45) is 5.39. The number of nitrogens with zero attached hydrogens (tertiary/aromatic N) is 2. The van der Waals surface area contributed by atoms with Gasteiger partial charge in [-0.05, 0) is 18.4 Å². The Kier molecular flexibility index (Phi) is 2.45. The number of hydrogen-bond donors (Lipinski definition) is 0. The van der Waals surface area contributed by atoms with Gasteiger partial charge in [0.2, 0.25) is 0 Å². The Morgan fingerprint density at radius 3 is 3.10 bits per heavy atom. The molecule has 0 aromatic carbocycles. The minimum Gasteiger partial charge on any atom is -0.231 e. The molecule has 3 heteroatoms. The van der Waals surface area contributed by atoms with Gasteiger partial charge in [-0.1, -0.05) is 18.3 Å². The second-order valence-electron chi connectivity index (χ2n) is 1.67. The summed E-state index contributed by atoms with van der Waals surface area (Å²) in [5.74, 6) is 0. The third-order valence-corrected chi connectivity index (χ3v) is 1.61. The average molecular weight is 152 g/mol. The molecule has 0 N–H and O–H groups in total. The number of rotatable bonds is 2. The highest BCUT2D eigenvalue weighted by molar-refractivity contribution is 7.98. The fraction of sp³-hybridized carbons (Fsp3) is 0.143. The molecule has 1 heterocycles. The van der Waals surface area contributed by atoms with Crippen molar-refractivity contribution in [2.75, 3.05) is 6.26 Å². The molecule has 0 saturated carbocycles. The highest BCUT2D eigenvalue weighted by Crippen LogP contribution is 2.07. The summed E-state index contributed by atoms with van der Waals surface area (Å²) in [5, 5.41) is 0.789. The Morgan fingerprint density at radius 1 is 1.70 bits per heavy atom. The zero-order chi connectivity index (χ0) is 7.40. The van der Waals surface area contributed by atoms with E-state index in [1.54, 1.807) is 12.3 Å². The molecule has 0 aliphatic heterocycles. The van der Waals surface area contributed by atoms with Gasteiger partial charge in [0, 0.05) is 6.20 Å². The quantitative estimate of drug-likeness (QED) is 0.477. The molecule has 52 valence electrons. The van der Waals surface area contributed by atoms with Crippen LogP contribution in [-0.2, 0) is 0 Å². The van der Waals surface area contributed by atoms with Crippen LogP contribution in [0, 0.1) is 0 Å². The largest absolute Gasteiger partial charge is 0.231 e. The van der Waals surface area contributed by atoms with Crippen molar-refractivity contribution in [3.63, 3.8) is 0 Å². The smallest absolute Gasteiger partial charge is 0.187 e. The average Bonchev–Trinajstić information content (AvgIpc) is 2.05. The van der Waals surface area contributed by atoms with E-state index < -0.39 is 0 Å². The first-order valence-corrected chi connectivity index (χ1v) is 4.09. The molecule has 0 aliphatic rings. The Bertz CT molecular complexity index is 235. The molecule has 2 nitrogen and oxygen atoms in total. The molecule has 0 radical (unpaired) electrons. The van der Waals surface area contributed by atoms with Crippen LogP contribution in [-0.4, -0.2) is 16.2 Å². The zero-order valence-electron chi connectivity index (χ0n) is 5.74. The number of thioether (sulfide) groups is 1. The van der Waals surface area contributed by atoms with Crippen molar-refractivity contribution in [2.45, 2.75) is 5.16 Å². The summed E-state index contributed by atoms with van der Waals surface area (Å²) >= 11 is 1.53. The molecule has 10 heavy (non-hydrogen) atoms. The van der Waals surface area contributed by atoms with E-state index in [4.69, 9.17) is 0 Å². The van der Waals surface area contributed by atoms with E-state index in [-0.39, 0.29) is 0 Å². The molecular weight excluding hydrogens is 144 g/mol. The summed E-state index contributed by atoms with van der Waals surface area (Å²) in [7, 11) is 0. The van der Waals surface area contributed by atoms with Gasteiger partial charge in [0.1, 0.15) is 0 Å².